The van der Waals surface area contributed by atoms with Crippen molar-refractivity contribution in [2.75, 3.05) is 27.2 Å². The number of benzene rings is 1. The molecule has 0 saturated heterocycles. The molecule has 0 saturated carbocycles. The fourth-order valence-electron chi connectivity index (χ4n) is 2.18. The lowest BCUT2D eigenvalue weighted by Gasteiger charge is -2.22. The molecule has 5 nitrogen and oxygen atoms in total. The molecule has 128 valence electrons. The summed E-state index contributed by atoms with van der Waals surface area (Å²) < 4.78 is 0. The summed E-state index contributed by atoms with van der Waals surface area (Å²) >= 11 is 0. The van der Waals surface area contributed by atoms with Gasteiger partial charge in [-0.3, -0.25) is 9.79 Å². The van der Waals surface area contributed by atoms with Crippen molar-refractivity contribution in [1.82, 2.24) is 15.5 Å². The smallest absolute Gasteiger partial charge is 0.222 e. The van der Waals surface area contributed by atoms with E-state index in [9.17, 15) is 4.79 Å². The van der Waals surface area contributed by atoms with Crippen molar-refractivity contribution in [1.29, 1.82) is 0 Å². The predicted octanol–water partition coefficient (Wildman–Crippen LogP) is 2.03. The van der Waals surface area contributed by atoms with Gasteiger partial charge >= 0.3 is 0 Å². The maximum atomic E-state index is 11.5. The van der Waals surface area contributed by atoms with Gasteiger partial charge in [0.1, 0.15) is 0 Å². The molecule has 1 amide bonds. The average Bonchev–Trinajstić information content (AvgIpc) is 2.55. The van der Waals surface area contributed by atoms with Crippen LogP contribution in [-0.2, 0) is 17.8 Å². The highest BCUT2D eigenvalue weighted by Gasteiger charge is 2.08. The van der Waals surface area contributed by atoms with Gasteiger partial charge in [-0.25, -0.2) is 0 Å². The topological polar surface area (TPSA) is 56.7 Å². The van der Waals surface area contributed by atoms with Crippen LogP contribution in [0.1, 0.15) is 31.9 Å². The fraction of sp³-hybridized carbons (Fsp3) is 0.556. The number of nitrogens with one attached hydrogen (secondary N) is 2. The first-order chi connectivity index (χ1) is 11.0. The second-order valence-corrected chi connectivity index (χ2v) is 5.95. The van der Waals surface area contributed by atoms with Gasteiger partial charge in [-0.15, -0.1) is 0 Å². The Balaban J connectivity index is 2.42. The lowest BCUT2D eigenvalue weighted by atomic mass is 10.1. The van der Waals surface area contributed by atoms with Gasteiger partial charge in [0.15, 0.2) is 5.96 Å². The summed E-state index contributed by atoms with van der Waals surface area (Å²) in [4.78, 5) is 17.9. The summed E-state index contributed by atoms with van der Waals surface area (Å²) in [5, 5.41) is 6.16. The Hall–Kier alpha value is -2.04. The molecule has 0 aliphatic heterocycles. The molecule has 0 radical (unpaired) electrons. The van der Waals surface area contributed by atoms with Crippen LogP contribution in [0.4, 0.5) is 0 Å². The van der Waals surface area contributed by atoms with Gasteiger partial charge < -0.3 is 15.5 Å². The van der Waals surface area contributed by atoms with Crippen LogP contribution in [0.25, 0.3) is 0 Å². The van der Waals surface area contributed by atoms with E-state index in [1.54, 1.807) is 7.05 Å². The van der Waals surface area contributed by atoms with E-state index in [0.29, 0.717) is 13.1 Å². The van der Waals surface area contributed by atoms with Crippen molar-refractivity contribution in [2.24, 2.45) is 10.9 Å². The Morgan fingerprint density at radius 3 is 2.22 bits per heavy atom. The van der Waals surface area contributed by atoms with E-state index >= 15 is 0 Å². The summed E-state index contributed by atoms with van der Waals surface area (Å²) in [5.74, 6) is 0.914. The third kappa shape index (κ3) is 6.72. The van der Waals surface area contributed by atoms with Crippen LogP contribution in [0.5, 0.6) is 0 Å². The Kier molecular flexibility index (Phi) is 8.16. The number of nitrogens with zero attached hydrogens (tertiary/aromatic N) is 2. The van der Waals surface area contributed by atoms with Gasteiger partial charge in [-0.05, 0) is 17.5 Å². The number of carbonyl (C=O) groups excluding carboxylic acids is 1. The van der Waals surface area contributed by atoms with Gasteiger partial charge in [0.2, 0.25) is 5.91 Å². The summed E-state index contributed by atoms with van der Waals surface area (Å²) in [6, 6.07) is 8.65. The largest absolute Gasteiger partial charge is 0.354 e. The lowest BCUT2D eigenvalue weighted by Crippen LogP contribution is -2.42. The van der Waals surface area contributed by atoms with Crippen LogP contribution >= 0.6 is 0 Å². The van der Waals surface area contributed by atoms with Crippen molar-refractivity contribution >= 4 is 11.9 Å². The number of carbonyl (C=O) groups is 1. The Morgan fingerprint density at radius 1 is 1.13 bits per heavy atom. The third-order valence-electron chi connectivity index (χ3n) is 3.66. The zero-order chi connectivity index (χ0) is 17.2. The van der Waals surface area contributed by atoms with Gasteiger partial charge in [0.05, 0.1) is 0 Å². The minimum Gasteiger partial charge on any atom is -0.354 e. The van der Waals surface area contributed by atoms with E-state index in [2.05, 4.69) is 51.7 Å². The molecule has 0 heterocycles. The molecular formula is C18H30N4O. The minimum absolute atomic E-state index is 0.0167. The summed E-state index contributed by atoms with van der Waals surface area (Å²) in [5.41, 5.74) is 2.60. The maximum absolute atomic E-state index is 11.5. The molecule has 0 atom stereocenters. The first-order valence-electron chi connectivity index (χ1n) is 8.25. The van der Waals surface area contributed by atoms with Crippen LogP contribution in [0.3, 0.4) is 0 Å². The van der Waals surface area contributed by atoms with Gasteiger partial charge in [0, 0.05) is 39.6 Å². The second-order valence-electron chi connectivity index (χ2n) is 5.95. The molecule has 2 N–H and O–H groups in total. The number of hydrogen-bond donors (Lipinski definition) is 2. The summed E-state index contributed by atoms with van der Waals surface area (Å²) in [6.07, 6.45) is 1.06. The zero-order valence-corrected chi connectivity index (χ0v) is 15.0. The number of aryl methyl sites for hydroxylation is 1. The Labute approximate surface area is 140 Å². The van der Waals surface area contributed by atoms with E-state index in [0.717, 1.165) is 18.9 Å². The van der Waals surface area contributed by atoms with Crippen LogP contribution in [0.15, 0.2) is 29.3 Å². The van der Waals surface area contributed by atoms with Crippen LogP contribution in [0, 0.1) is 5.92 Å². The van der Waals surface area contributed by atoms with Crippen LogP contribution in [-0.4, -0.2) is 44.0 Å². The van der Waals surface area contributed by atoms with Crippen LogP contribution in [0.2, 0.25) is 0 Å². The van der Waals surface area contributed by atoms with Gasteiger partial charge in [0.25, 0.3) is 0 Å². The van der Waals surface area contributed by atoms with Crippen molar-refractivity contribution < 1.29 is 4.79 Å². The highest BCUT2D eigenvalue weighted by atomic mass is 16.1. The van der Waals surface area contributed by atoms with E-state index in [1.165, 1.54) is 11.1 Å². The van der Waals surface area contributed by atoms with Crippen LogP contribution < -0.4 is 10.6 Å². The molecule has 0 unspecified atom stereocenters. The standard InChI is InChI=1S/C18H30N4O/c1-6-15-7-9-16(10-8-15)13-22(5)18(19-4)21-12-11-20-17(23)14(2)3/h7-10,14H,6,11-13H2,1-5H3,(H,19,21)(H,20,23). The first-order valence-corrected chi connectivity index (χ1v) is 8.25. The van der Waals surface area contributed by atoms with Crippen molar-refractivity contribution in [3.8, 4) is 0 Å². The summed E-state index contributed by atoms with van der Waals surface area (Å²) in [7, 11) is 3.78. The molecule has 23 heavy (non-hydrogen) atoms. The van der Waals surface area contributed by atoms with E-state index in [-0.39, 0.29) is 11.8 Å². The average molecular weight is 318 g/mol. The monoisotopic (exact) mass is 318 g/mol. The fourth-order valence-corrected chi connectivity index (χ4v) is 2.18. The number of hydrogen-bond acceptors (Lipinski definition) is 2. The molecule has 5 heteroatoms. The van der Waals surface area contributed by atoms with E-state index in [1.807, 2.05) is 20.9 Å². The predicted molar refractivity (Wildman–Crippen MR) is 96.5 cm³/mol. The number of amides is 1. The van der Waals surface area contributed by atoms with Crippen molar-refractivity contribution in [3.63, 3.8) is 0 Å². The first kappa shape index (κ1) is 19.0. The maximum Gasteiger partial charge on any atom is 0.222 e. The number of aliphatic imine (C=N–C) groups is 1. The number of guanidine groups is 1. The molecule has 0 spiro atoms. The zero-order valence-electron chi connectivity index (χ0n) is 15.0. The molecule has 1 rings (SSSR count). The molecule has 0 fully saturated rings. The van der Waals surface area contributed by atoms with E-state index in [4.69, 9.17) is 0 Å². The highest BCUT2D eigenvalue weighted by Crippen LogP contribution is 2.07. The SMILES string of the molecule is CCc1ccc(CN(C)C(=NC)NCCNC(=O)C(C)C)cc1. The summed E-state index contributed by atoms with van der Waals surface area (Å²) in [6.45, 7) is 7.98. The molecule has 1 aromatic carbocycles. The molecule has 0 aliphatic carbocycles. The van der Waals surface area contributed by atoms with Crippen molar-refractivity contribution in [2.45, 2.75) is 33.7 Å². The highest BCUT2D eigenvalue weighted by molar-refractivity contribution is 5.80. The van der Waals surface area contributed by atoms with E-state index < -0.39 is 0 Å². The molecule has 0 bridgehead atoms. The minimum atomic E-state index is 0.0167. The van der Waals surface area contributed by atoms with Gasteiger partial charge in [-0.1, -0.05) is 45.0 Å². The lowest BCUT2D eigenvalue weighted by molar-refractivity contribution is -0.123. The normalized spacial score (nSPS) is 11.5. The molecule has 0 aliphatic rings. The van der Waals surface area contributed by atoms with Crippen molar-refractivity contribution in [3.05, 3.63) is 35.4 Å². The third-order valence-corrected chi connectivity index (χ3v) is 3.66. The molecule has 1 aromatic rings. The molecule has 0 aromatic heterocycles. The second kappa shape index (κ2) is 9.87. The number of rotatable bonds is 7. The Morgan fingerprint density at radius 2 is 1.70 bits per heavy atom. The molecular weight excluding hydrogens is 288 g/mol. The van der Waals surface area contributed by atoms with Gasteiger partial charge in [-0.2, -0.15) is 0 Å². The quantitative estimate of drug-likeness (QED) is 0.459. The Bertz CT molecular complexity index is 508.